The maximum atomic E-state index is 12.0. The van der Waals surface area contributed by atoms with E-state index in [1.54, 1.807) is 0 Å². The van der Waals surface area contributed by atoms with Crippen LogP contribution in [-0.2, 0) is 4.79 Å². The van der Waals surface area contributed by atoms with Gasteiger partial charge in [-0.2, -0.15) is 0 Å². The molecular weight excluding hydrogens is 266 g/mol. The van der Waals surface area contributed by atoms with Gasteiger partial charge in [-0.1, -0.05) is 20.8 Å². The third kappa shape index (κ3) is 3.38. The number of rotatable bonds is 4. The van der Waals surface area contributed by atoms with E-state index < -0.39 is 6.10 Å². The molecule has 21 heavy (non-hydrogen) atoms. The van der Waals surface area contributed by atoms with Gasteiger partial charge in [0.1, 0.15) is 5.75 Å². The molecule has 0 radical (unpaired) electrons. The minimum Gasteiger partial charge on any atom is -0.493 e. The first-order chi connectivity index (χ1) is 9.93. The molecule has 4 nitrogen and oxygen atoms in total. The predicted octanol–water partition coefficient (Wildman–Crippen LogP) is 3.03. The van der Waals surface area contributed by atoms with Crippen LogP contribution in [-0.4, -0.2) is 17.6 Å². The Morgan fingerprint density at radius 2 is 2.19 bits per heavy atom. The summed E-state index contributed by atoms with van der Waals surface area (Å²) in [5, 5.41) is 13.2. The lowest BCUT2D eigenvalue weighted by Gasteiger charge is -2.29. The lowest BCUT2D eigenvalue weighted by molar-refractivity contribution is -0.124. The molecule has 1 amide bonds. The number of ether oxygens (including phenoxy) is 1. The standard InChI is InChI=1S/C17H25NO3/c1-5-15(19)12-8-11(4)16-13(9-12)14(6-7-21-16)18-17(20)10(2)3/h8-10,14-15,19H,5-7H2,1-4H3,(H,18,20). The van der Waals surface area contributed by atoms with Gasteiger partial charge in [0.2, 0.25) is 5.91 Å². The molecule has 2 rings (SSSR count). The maximum Gasteiger partial charge on any atom is 0.223 e. The number of aryl methyl sites for hydroxylation is 1. The van der Waals surface area contributed by atoms with Crippen LogP contribution in [0.4, 0.5) is 0 Å². The molecule has 0 saturated heterocycles. The number of fused-ring (bicyclic) bond motifs is 1. The number of carbonyl (C=O) groups excluding carboxylic acids is 1. The molecule has 1 aliphatic heterocycles. The Morgan fingerprint density at radius 1 is 1.48 bits per heavy atom. The third-order valence-electron chi connectivity index (χ3n) is 3.97. The van der Waals surface area contributed by atoms with Crippen LogP contribution in [0.3, 0.4) is 0 Å². The molecule has 2 unspecified atom stereocenters. The second kappa shape index (κ2) is 6.48. The highest BCUT2D eigenvalue weighted by atomic mass is 16.5. The summed E-state index contributed by atoms with van der Waals surface area (Å²) in [6.45, 7) is 8.31. The average Bonchev–Trinajstić information content (AvgIpc) is 2.46. The highest BCUT2D eigenvalue weighted by Crippen LogP contribution is 2.37. The first kappa shape index (κ1) is 15.8. The summed E-state index contributed by atoms with van der Waals surface area (Å²) in [7, 11) is 0. The van der Waals surface area contributed by atoms with E-state index in [1.807, 2.05) is 39.8 Å². The van der Waals surface area contributed by atoms with E-state index >= 15 is 0 Å². The Bertz CT molecular complexity index is 525. The molecule has 1 aliphatic rings. The second-order valence-electron chi connectivity index (χ2n) is 6.03. The van der Waals surface area contributed by atoms with Crippen LogP contribution in [0, 0.1) is 12.8 Å². The smallest absolute Gasteiger partial charge is 0.223 e. The molecular formula is C17H25NO3. The zero-order valence-corrected chi connectivity index (χ0v) is 13.3. The quantitative estimate of drug-likeness (QED) is 0.896. The Hall–Kier alpha value is -1.55. The zero-order valence-electron chi connectivity index (χ0n) is 13.3. The summed E-state index contributed by atoms with van der Waals surface area (Å²) in [4.78, 5) is 12.0. The molecule has 2 atom stereocenters. The number of hydrogen-bond acceptors (Lipinski definition) is 3. The van der Waals surface area contributed by atoms with Crippen LogP contribution >= 0.6 is 0 Å². The summed E-state index contributed by atoms with van der Waals surface area (Å²) >= 11 is 0. The molecule has 1 heterocycles. The minimum atomic E-state index is -0.475. The van der Waals surface area contributed by atoms with Crippen LogP contribution in [0.25, 0.3) is 0 Å². The molecule has 1 aromatic rings. The summed E-state index contributed by atoms with van der Waals surface area (Å²) in [5.41, 5.74) is 2.89. The molecule has 0 bridgehead atoms. The van der Waals surface area contributed by atoms with E-state index in [2.05, 4.69) is 5.32 Å². The molecule has 0 saturated carbocycles. The van der Waals surface area contributed by atoms with Crippen molar-refractivity contribution < 1.29 is 14.6 Å². The van der Waals surface area contributed by atoms with Crippen LogP contribution in [0.2, 0.25) is 0 Å². The van der Waals surface area contributed by atoms with Gasteiger partial charge >= 0.3 is 0 Å². The third-order valence-corrected chi connectivity index (χ3v) is 3.97. The fourth-order valence-electron chi connectivity index (χ4n) is 2.64. The van der Waals surface area contributed by atoms with E-state index in [0.29, 0.717) is 13.0 Å². The molecule has 0 aliphatic carbocycles. The van der Waals surface area contributed by atoms with Gasteiger partial charge in [-0.05, 0) is 36.6 Å². The van der Waals surface area contributed by atoms with E-state index in [1.165, 1.54) is 0 Å². The van der Waals surface area contributed by atoms with Gasteiger partial charge in [-0.15, -0.1) is 0 Å². The molecule has 1 aromatic carbocycles. The van der Waals surface area contributed by atoms with Gasteiger partial charge in [0, 0.05) is 17.9 Å². The van der Waals surface area contributed by atoms with Crippen molar-refractivity contribution in [3.8, 4) is 5.75 Å². The number of hydrogen-bond donors (Lipinski definition) is 2. The van der Waals surface area contributed by atoms with E-state index in [9.17, 15) is 9.90 Å². The SMILES string of the molecule is CCC(O)c1cc(C)c2c(c1)C(NC(=O)C(C)C)CCO2. The van der Waals surface area contributed by atoms with Gasteiger partial charge in [0.05, 0.1) is 18.8 Å². The van der Waals surface area contributed by atoms with Crippen molar-refractivity contribution in [3.63, 3.8) is 0 Å². The van der Waals surface area contributed by atoms with Crippen molar-refractivity contribution in [1.29, 1.82) is 0 Å². The molecule has 4 heteroatoms. The van der Waals surface area contributed by atoms with Crippen molar-refractivity contribution in [2.24, 2.45) is 5.92 Å². The number of aliphatic hydroxyl groups is 1. The summed E-state index contributed by atoms with van der Waals surface area (Å²) < 4.78 is 5.76. The topological polar surface area (TPSA) is 58.6 Å². The van der Waals surface area contributed by atoms with Gasteiger partial charge < -0.3 is 15.2 Å². The van der Waals surface area contributed by atoms with Crippen molar-refractivity contribution in [2.45, 2.75) is 52.7 Å². The Morgan fingerprint density at radius 3 is 2.81 bits per heavy atom. The largest absolute Gasteiger partial charge is 0.493 e. The van der Waals surface area contributed by atoms with E-state index in [4.69, 9.17) is 4.74 Å². The molecule has 0 spiro atoms. The number of aliphatic hydroxyl groups excluding tert-OH is 1. The predicted molar refractivity (Wildman–Crippen MR) is 82.3 cm³/mol. The summed E-state index contributed by atoms with van der Waals surface area (Å²) in [6, 6.07) is 3.91. The zero-order chi connectivity index (χ0) is 15.6. The summed E-state index contributed by atoms with van der Waals surface area (Å²) in [6.07, 6.45) is 0.955. The van der Waals surface area contributed by atoms with Crippen molar-refractivity contribution in [1.82, 2.24) is 5.32 Å². The highest BCUT2D eigenvalue weighted by Gasteiger charge is 2.26. The van der Waals surface area contributed by atoms with Crippen molar-refractivity contribution in [2.75, 3.05) is 6.61 Å². The van der Waals surface area contributed by atoms with Crippen LogP contribution in [0.5, 0.6) is 5.75 Å². The van der Waals surface area contributed by atoms with E-state index in [0.717, 1.165) is 28.9 Å². The van der Waals surface area contributed by atoms with Crippen molar-refractivity contribution in [3.05, 3.63) is 28.8 Å². The van der Waals surface area contributed by atoms with Gasteiger partial charge in [-0.3, -0.25) is 4.79 Å². The van der Waals surface area contributed by atoms with Crippen LogP contribution < -0.4 is 10.1 Å². The number of amides is 1. The molecule has 0 aromatic heterocycles. The summed E-state index contributed by atoms with van der Waals surface area (Å²) in [5.74, 6) is 0.858. The lowest BCUT2D eigenvalue weighted by Crippen LogP contribution is -2.35. The van der Waals surface area contributed by atoms with Gasteiger partial charge in [0.15, 0.2) is 0 Å². The first-order valence-electron chi connectivity index (χ1n) is 7.69. The Labute approximate surface area is 126 Å². The van der Waals surface area contributed by atoms with Gasteiger partial charge in [0.25, 0.3) is 0 Å². The molecule has 116 valence electrons. The normalized spacial score (nSPS) is 18.9. The fraction of sp³-hybridized carbons (Fsp3) is 0.588. The fourth-order valence-corrected chi connectivity index (χ4v) is 2.64. The van der Waals surface area contributed by atoms with Crippen LogP contribution in [0.15, 0.2) is 12.1 Å². The number of benzene rings is 1. The Kier molecular flexibility index (Phi) is 4.88. The van der Waals surface area contributed by atoms with Gasteiger partial charge in [-0.25, -0.2) is 0 Å². The second-order valence-corrected chi connectivity index (χ2v) is 6.03. The van der Waals surface area contributed by atoms with Crippen molar-refractivity contribution >= 4 is 5.91 Å². The number of carbonyl (C=O) groups is 1. The monoisotopic (exact) mass is 291 g/mol. The lowest BCUT2D eigenvalue weighted by atomic mass is 9.93. The molecule has 2 N–H and O–H groups in total. The molecule has 0 fully saturated rings. The Balaban J connectivity index is 2.35. The van der Waals surface area contributed by atoms with Crippen LogP contribution in [0.1, 0.15) is 62.4 Å². The maximum absolute atomic E-state index is 12.0. The highest BCUT2D eigenvalue weighted by molar-refractivity contribution is 5.78. The average molecular weight is 291 g/mol. The minimum absolute atomic E-state index is 0.0358. The number of nitrogens with one attached hydrogen (secondary N) is 1. The first-order valence-corrected chi connectivity index (χ1v) is 7.69. The van der Waals surface area contributed by atoms with E-state index in [-0.39, 0.29) is 17.9 Å².